The van der Waals surface area contributed by atoms with Crippen molar-refractivity contribution in [3.05, 3.63) is 16.3 Å². The molecule has 22 heavy (non-hydrogen) atoms. The molecule has 1 aromatic rings. The highest BCUT2D eigenvalue weighted by Crippen LogP contribution is 2.28. The molecule has 3 rings (SSSR count). The summed E-state index contributed by atoms with van der Waals surface area (Å²) in [4.78, 5) is 24.3. The highest BCUT2D eigenvalue weighted by Gasteiger charge is 2.31. The van der Waals surface area contributed by atoms with Crippen molar-refractivity contribution in [2.45, 2.75) is 70.1 Å². The zero-order valence-electron chi connectivity index (χ0n) is 12.9. The summed E-state index contributed by atoms with van der Waals surface area (Å²) in [6.45, 7) is 0.874. The topological polar surface area (TPSA) is 89.2 Å². The number of aromatic nitrogens is 3. The van der Waals surface area contributed by atoms with Crippen molar-refractivity contribution >= 4 is 5.91 Å². The third-order valence-corrected chi connectivity index (χ3v) is 4.72. The van der Waals surface area contributed by atoms with Gasteiger partial charge in [0.05, 0.1) is 5.60 Å². The second-order valence-corrected chi connectivity index (χ2v) is 6.53. The first-order chi connectivity index (χ1) is 10.6. The summed E-state index contributed by atoms with van der Waals surface area (Å²) in [5.74, 6) is 0.514. The van der Waals surface area contributed by atoms with Gasteiger partial charge in [0, 0.05) is 19.5 Å². The molecule has 0 aromatic carbocycles. The fourth-order valence-corrected chi connectivity index (χ4v) is 3.39. The Balaban J connectivity index is 1.61. The van der Waals surface area contributed by atoms with Crippen molar-refractivity contribution in [1.82, 2.24) is 19.7 Å². The second kappa shape index (κ2) is 6.24. The van der Waals surface area contributed by atoms with Crippen molar-refractivity contribution in [1.29, 1.82) is 0 Å². The lowest BCUT2D eigenvalue weighted by Crippen LogP contribution is -2.43. The van der Waals surface area contributed by atoms with Gasteiger partial charge in [0.15, 0.2) is 0 Å². The van der Waals surface area contributed by atoms with E-state index in [1.165, 1.54) is 4.68 Å². The van der Waals surface area contributed by atoms with Crippen molar-refractivity contribution in [3.63, 3.8) is 0 Å². The normalized spacial score (nSPS) is 20.4. The molecule has 1 amide bonds. The van der Waals surface area contributed by atoms with Gasteiger partial charge in [0.1, 0.15) is 12.4 Å². The van der Waals surface area contributed by atoms with Gasteiger partial charge in [-0.3, -0.25) is 9.36 Å². The molecule has 122 valence electrons. The summed E-state index contributed by atoms with van der Waals surface area (Å²) in [6.07, 6.45) is 7.39. The fraction of sp³-hybridized carbons (Fsp3) is 0.800. The van der Waals surface area contributed by atoms with Crippen molar-refractivity contribution < 1.29 is 9.90 Å². The first kappa shape index (κ1) is 15.3. The van der Waals surface area contributed by atoms with E-state index in [0.717, 1.165) is 57.2 Å². The van der Waals surface area contributed by atoms with Crippen LogP contribution in [0.4, 0.5) is 0 Å². The van der Waals surface area contributed by atoms with Gasteiger partial charge in [-0.05, 0) is 25.7 Å². The molecule has 1 saturated carbocycles. The van der Waals surface area contributed by atoms with E-state index in [2.05, 4.69) is 10.4 Å². The second-order valence-electron chi connectivity index (χ2n) is 6.53. The summed E-state index contributed by atoms with van der Waals surface area (Å²) >= 11 is 0. The van der Waals surface area contributed by atoms with Crippen molar-refractivity contribution in [2.24, 2.45) is 0 Å². The summed E-state index contributed by atoms with van der Waals surface area (Å²) in [6, 6.07) is 0. The number of rotatable bonds is 4. The van der Waals surface area contributed by atoms with Gasteiger partial charge in [-0.25, -0.2) is 9.48 Å². The molecule has 2 heterocycles. The number of fused-ring (bicyclic) bond motifs is 1. The maximum Gasteiger partial charge on any atom is 0.346 e. The molecule has 1 fully saturated rings. The van der Waals surface area contributed by atoms with Crippen LogP contribution in [0.2, 0.25) is 0 Å². The lowest BCUT2D eigenvalue weighted by Gasteiger charge is -2.22. The van der Waals surface area contributed by atoms with Gasteiger partial charge < -0.3 is 10.4 Å². The lowest BCUT2D eigenvalue weighted by molar-refractivity contribution is -0.123. The summed E-state index contributed by atoms with van der Waals surface area (Å²) in [5.41, 5.74) is -0.974. The fourth-order valence-electron chi connectivity index (χ4n) is 3.39. The predicted molar refractivity (Wildman–Crippen MR) is 80.5 cm³/mol. The molecule has 7 nitrogen and oxygen atoms in total. The number of amides is 1. The average Bonchev–Trinajstić information content (AvgIpc) is 2.95. The minimum absolute atomic E-state index is 0.0745. The molecule has 0 bridgehead atoms. The zero-order chi connectivity index (χ0) is 15.6. The molecule has 2 aliphatic rings. The van der Waals surface area contributed by atoms with Gasteiger partial charge >= 0.3 is 5.69 Å². The molecule has 2 N–H and O–H groups in total. The Labute approximate surface area is 129 Å². The summed E-state index contributed by atoms with van der Waals surface area (Å²) in [5, 5.41) is 17.2. The Kier molecular flexibility index (Phi) is 4.33. The highest BCUT2D eigenvalue weighted by atomic mass is 16.3. The Bertz CT molecular complexity index is 598. The number of carbonyl (C=O) groups is 1. The predicted octanol–water partition coefficient (Wildman–Crippen LogP) is 0.192. The number of aliphatic hydroxyl groups is 1. The number of aryl methyl sites for hydroxylation is 1. The third-order valence-electron chi connectivity index (χ3n) is 4.72. The van der Waals surface area contributed by atoms with Crippen LogP contribution in [-0.4, -0.2) is 37.5 Å². The van der Waals surface area contributed by atoms with Crippen molar-refractivity contribution in [3.8, 4) is 0 Å². The van der Waals surface area contributed by atoms with E-state index in [-0.39, 0.29) is 24.7 Å². The molecular formula is C15H24N4O3. The average molecular weight is 308 g/mol. The maximum absolute atomic E-state index is 12.3. The Morgan fingerprint density at radius 2 is 2.00 bits per heavy atom. The first-order valence-corrected chi connectivity index (χ1v) is 8.23. The van der Waals surface area contributed by atoms with E-state index in [0.29, 0.717) is 6.54 Å². The van der Waals surface area contributed by atoms with Crippen LogP contribution in [0.1, 0.15) is 50.8 Å². The van der Waals surface area contributed by atoms with Gasteiger partial charge in [0.25, 0.3) is 0 Å². The molecule has 0 atom stereocenters. The molecule has 1 aliphatic heterocycles. The van der Waals surface area contributed by atoms with Crippen LogP contribution in [0.25, 0.3) is 0 Å². The van der Waals surface area contributed by atoms with Crippen LogP contribution < -0.4 is 11.0 Å². The van der Waals surface area contributed by atoms with Gasteiger partial charge in [0.2, 0.25) is 5.91 Å². The van der Waals surface area contributed by atoms with E-state index in [9.17, 15) is 14.7 Å². The molecule has 0 radical (unpaired) electrons. The molecular weight excluding hydrogens is 284 g/mol. The monoisotopic (exact) mass is 308 g/mol. The van der Waals surface area contributed by atoms with Crippen LogP contribution in [0.15, 0.2) is 4.79 Å². The van der Waals surface area contributed by atoms with Gasteiger partial charge in [-0.15, -0.1) is 0 Å². The number of nitrogens with zero attached hydrogens (tertiary/aromatic N) is 3. The number of hydrogen-bond donors (Lipinski definition) is 2. The quantitative estimate of drug-likeness (QED) is 0.831. The molecule has 7 heteroatoms. The zero-order valence-corrected chi connectivity index (χ0v) is 12.9. The van der Waals surface area contributed by atoms with E-state index in [1.807, 2.05) is 0 Å². The number of carbonyl (C=O) groups excluding carboxylic acids is 1. The smallest absolute Gasteiger partial charge is 0.346 e. The van der Waals surface area contributed by atoms with E-state index in [4.69, 9.17) is 0 Å². The molecule has 1 aliphatic carbocycles. The van der Waals surface area contributed by atoms with Crippen LogP contribution in [0, 0.1) is 0 Å². The summed E-state index contributed by atoms with van der Waals surface area (Å²) < 4.78 is 2.93. The number of nitrogens with one attached hydrogen (secondary N) is 1. The summed E-state index contributed by atoms with van der Waals surface area (Å²) in [7, 11) is 0. The third kappa shape index (κ3) is 3.24. The minimum Gasteiger partial charge on any atom is -0.388 e. The van der Waals surface area contributed by atoms with E-state index >= 15 is 0 Å². The van der Waals surface area contributed by atoms with Gasteiger partial charge in [-0.2, -0.15) is 5.10 Å². The standard InChI is InChI=1S/C15H24N4O3/c20-13(16-11-15(22)7-3-4-8-15)10-19-14(21)18-9-5-1-2-6-12(18)17-19/h22H,1-11H2,(H,16,20). The van der Waals surface area contributed by atoms with Crippen molar-refractivity contribution in [2.75, 3.05) is 6.54 Å². The molecule has 0 unspecified atom stereocenters. The molecule has 0 saturated heterocycles. The molecule has 0 spiro atoms. The highest BCUT2D eigenvalue weighted by molar-refractivity contribution is 5.75. The maximum atomic E-state index is 12.3. The van der Waals surface area contributed by atoms with Crippen LogP contribution >= 0.6 is 0 Å². The number of hydrogen-bond acceptors (Lipinski definition) is 4. The Morgan fingerprint density at radius 1 is 1.23 bits per heavy atom. The lowest BCUT2D eigenvalue weighted by atomic mass is 10.0. The minimum atomic E-state index is -0.772. The SMILES string of the molecule is O=C(Cn1nc2n(c1=O)CCCCC2)NCC1(O)CCCC1. The van der Waals surface area contributed by atoms with E-state index < -0.39 is 5.60 Å². The van der Waals surface area contributed by atoms with Crippen LogP contribution in [0.5, 0.6) is 0 Å². The van der Waals surface area contributed by atoms with E-state index in [1.54, 1.807) is 4.57 Å². The Morgan fingerprint density at radius 3 is 2.77 bits per heavy atom. The largest absolute Gasteiger partial charge is 0.388 e. The van der Waals surface area contributed by atoms with Crippen LogP contribution in [0.3, 0.4) is 0 Å². The van der Waals surface area contributed by atoms with Gasteiger partial charge in [-0.1, -0.05) is 19.3 Å². The first-order valence-electron chi connectivity index (χ1n) is 8.23. The Hall–Kier alpha value is -1.63. The molecule has 1 aromatic heterocycles. The van der Waals surface area contributed by atoms with Crippen LogP contribution in [-0.2, 0) is 24.3 Å².